The van der Waals surface area contributed by atoms with Crippen LogP contribution in [-0.4, -0.2) is 10.9 Å². The zero-order valence-corrected chi connectivity index (χ0v) is 14.6. The van der Waals surface area contributed by atoms with Crippen LogP contribution in [0.5, 0.6) is 0 Å². The van der Waals surface area contributed by atoms with Crippen molar-refractivity contribution in [2.24, 2.45) is 0 Å². The summed E-state index contributed by atoms with van der Waals surface area (Å²) in [6, 6.07) is 15.4. The maximum atomic E-state index is 12.4. The third-order valence-corrected chi connectivity index (χ3v) is 4.38. The number of carbonyl (C=O) groups excluding carboxylic acids is 1. The van der Waals surface area contributed by atoms with Crippen molar-refractivity contribution in [3.05, 3.63) is 68.3 Å². The standard InChI is InChI=1S/C16H10BrIN2O/c17-14-6-5-11(18)8-13(14)16(21)20-12-7-10-3-1-2-4-15(10)19-9-12/h1-9H,(H,20,21). The molecule has 0 aliphatic heterocycles. The van der Waals surface area contributed by atoms with Crippen LogP contribution in [0.15, 0.2) is 59.2 Å². The quantitative estimate of drug-likeness (QED) is 0.564. The monoisotopic (exact) mass is 452 g/mol. The van der Waals surface area contributed by atoms with E-state index in [0.717, 1.165) is 18.9 Å². The first-order chi connectivity index (χ1) is 10.1. The number of carbonyl (C=O) groups is 1. The number of pyridine rings is 1. The van der Waals surface area contributed by atoms with Crippen molar-refractivity contribution in [3.8, 4) is 0 Å². The number of rotatable bonds is 2. The van der Waals surface area contributed by atoms with Crippen LogP contribution in [0.4, 0.5) is 5.69 Å². The summed E-state index contributed by atoms with van der Waals surface area (Å²) in [5, 5.41) is 3.88. The highest BCUT2D eigenvalue weighted by molar-refractivity contribution is 14.1. The minimum Gasteiger partial charge on any atom is -0.321 e. The first-order valence-corrected chi connectivity index (χ1v) is 8.12. The van der Waals surface area contributed by atoms with Crippen molar-refractivity contribution in [3.63, 3.8) is 0 Å². The smallest absolute Gasteiger partial charge is 0.256 e. The molecule has 0 radical (unpaired) electrons. The lowest BCUT2D eigenvalue weighted by atomic mass is 10.2. The van der Waals surface area contributed by atoms with E-state index in [-0.39, 0.29) is 5.91 Å². The van der Waals surface area contributed by atoms with E-state index in [9.17, 15) is 4.79 Å². The number of aromatic nitrogens is 1. The van der Waals surface area contributed by atoms with Gasteiger partial charge in [-0.05, 0) is 68.9 Å². The molecule has 0 bridgehead atoms. The molecule has 3 aromatic rings. The Morgan fingerprint density at radius 1 is 1.14 bits per heavy atom. The van der Waals surface area contributed by atoms with Crippen LogP contribution in [0.1, 0.15) is 10.4 Å². The Kier molecular flexibility index (Phi) is 4.21. The second-order valence-electron chi connectivity index (χ2n) is 4.49. The van der Waals surface area contributed by atoms with Gasteiger partial charge in [-0.15, -0.1) is 0 Å². The molecule has 1 heterocycles. The molecule has 1 aromatic heterocycles. The fraction of sp³-hybridized carbons (Fsp3) is 0. The van der Waals surface area contributed by atoms with Gasteiger partial charge in [0, 0.05) is 13.4 Å². The van der Waals surface area contributed by atoms with E-state index in [1.165, 1.54) is 0 Å². The Bertz CT molecular complexity index is 835. The average molecular weight is 453 g/mol. The van der Waals surface area contributed by atoms with Crippen molar-refractivity contribution < 1.29 is 4.79 Å². The molecule has 0 saturated heterocycles. The van der Waals surface area contributed by atoms with Crippen LogP contribution >= 0.6 is 38.5 Å². The summed E-state index contributed by atoms with van der Waals surface area (Å²) >= 11 is 5.59. The summed E-state index contributed by atoms with van der Waals surface area (Å²) in [6.45, 7) is 0. The van der Waals surface area contributed by atoms with Gasteiger partial charge < -0.3 is 5.32 Å². The minimum atomic E-state index is -0.155. The molecule has 3 rings (SSSR count). The van der Waals surface area contributed by atoms with Gasteiger partial charge in [-0.3, -0.25) is 9.78 Å². The summed E-state index contributed by atoms with van der Waals surface area (Å²) < 4.78 is 1.78. The predicted molar refractivity (Wildman–Crippen MR) is 96.6 cm³/mol. The number of nitrogens with one attached hydrogen (secondary N) is 1. The Morgan fingerprint density at radius 2 is 1.95 bits per heavy atom. The molecule has 0 spiro atoms. The third-order valence-electron chi connectivity index (χ3n) is 3.02. The number of fused-ring (bicyclic) bond motifs is 1. The van der Waals surface area contributed by atoms with Crippen LogP contribution in [0.3, 0.4) is 0 Å². The van der Waals surface area contributed by atoms with Gasteiger partial charge in [-0.2, -0.15) is 0 Å². The third kappa shape index (κ3) is 3.24. The van der Waals surface area contributed by atoms with Crippen LogP contribution < -0.4 is 5.32 Å². The SMILES string of the molecule is O=C(Nc1cnc2ccccc2c1)c1cc(I)ccc1Br. The van der Waals surface area contributed by atoms with Gasteiger partial charge >= 0.3 is 0 Å². The summed E-state index contributed by atoms with van der Waals surface area (Å²) in [7, 11) is 0. The van der Waals surface area contributed by atoms with Gasteiger partial charge in [0.05, 0.1) is 23.0 Å². The molecule has 1 amide bonds. The largest absolute Gasteiger partial charge is 0.321 e. The van der Waals surface area contributed by atoms with E-state index in [0.29, 0.717) is 11.3 Å². The Labute approximate surface area is 144 Å². The van der Waals surface area contributed by atoms with Gasteiger partial charge in [-0.25, -0.2) is 0 Å². The van der Waals surface area contributed by atoms with Crippen LogP contribution in [-0.2, 0) is 0 Å². The molecule has 5 heteroatoms. The summed E-state index contributed by atoms with van der Waals surface area (Å²) in [4.78, 5) is 16.7. The highest BCUT2D eigenvalue weighted by Crippen LogP contribution is 2.22. The van der Waals surface area contributed by atoms with E-state index < -0.39 is 0 Å². The Hall–Kier alpha value is -1.47. The van der Waals surface area contributed by atoms with Crippen molar-refractivity contribution in [1.82, 2.24) is 4.98 Å². The van der Waals surface area contributed by atoms with Gasteiger partial charge in [0.2, 0.25) is 0 Å². The second-order valence-corrected chi connectivity index (χ2v) is 6.59. The lowest BCUT2D eigenvalue weighted by Gasteiger charge is -2.08. The molecule has 0 aliphatic rings. The highest BCUT2D eigenvalue weighted by Gasteiger charge is 2.11. The topological polar surface area (TPSA) is 42.0 Å². The molecule has 0 aliphatic carbocycles. The van der Waals surface area contributed by atoms with Gasteiger partial charge in [-0.1, -0.05) is 18.2 Å². The van der Waals surface area contributed by atoms with Gasteiger partial charge in [0.25, 0.3) is 5.91 Å². The van der Waals surface area contributed by atoms with Crippen molar-refractivity contribution in [1.29, 1.82) is 0 Å². The highest BCUT2D eigenvalue weighted by atomic mass is 127. The molecular weight excluding hydrogens is 443 g/mol. The van der Waals surface area contributed by atoms with E-state index in [1.807, 2.05) is 48.5 Å². The maximum absolute atomic E-state index is 12.4. The molecule has 21 heavy (non-hydrogen) atoms. The van der Waals surface area contributed by atoms with Crippen molar-refractivity contribution >= 4 is 61.0 Å². The number of benzene rings is 2. The summed E-state index contributed by atoms with van der Waals surface area (Å²) in [5.74, 6) is -0.155. The number of halogens is 2. The van der Waals surface area contributed by atoms with E-state index in [4.69, 9.17) is 0 Å². The van der Waals surface area contributed by atoms with E-state index >= 15 is 0 Å². The number of nitrogens with zero attached hydrogens (tertiary/aromatic N) is 1. The predicted octanol–water partition coefficient (Wildman–Crippen LogP) is 4.85. The van der Waals surface area contributed by atoms with E-state index in [1.54, 1.807) is 6.20 Å². The van der Waals surface area contributed by atoms with Gasteiger partial charge in [0.1, 0.15) is 0 Å². The fourth-order valence-corrected chi connectivity index (χ4v) is 2.93. The zero-order valence-electron chi connectivity index (χ0n) is 10.8. The molecule has 0 unspecified atom stereocenters. The number of anilines is 1. The molecule has 0 saturated carbocycles. The number of amides is 1. The Morgan fingerprint density at radius 3 is 2.81 bits per heavy atom. The summed E-state index contributed by atoms with van der Waals surface area (Å²) in [5.41, 5.74) is 2.20. The number of hydrogen-bond acceptors (Lipinski definition) is 2. The fourth-order valence-electron chi connectivity index (χ4n) is 2.01. The number of hydrogen-bond donors (Lipinski definition) is 1. The molecule has 0 atom stereocenters. The maximum Gasteiger partial charge on any atom is 0.256 e. The molecule has 0 fully saturated rings. The van der Waals surface area contributed by atoms with Crippen LogP contribution in [0.25, 0.3) is 10.9 Å². The zero-order chi connectivity index (χ0) is 14.8. The average Bonchev–Trinajstić information content (AvgIpc) is 2.49. The van der Waals surface area contributed by atoms with Gasteiger partial charge in [0.15, 0.2) is 0 Å². The molecule has 104 valence electrons. The first kappa shape index (κ1) is 14.5. The first-order valence-electron chi connectivity index (χ1n) is 6.25. The second kappa shape index (κ2) is 6.11. The van der Waals surface area contributed by atoms with Crippen molar-refractivity contribution in [2.75, 3.05) is 5.32 Å². The van der Waals surface area contributed by atoms with Crippen molar-refractivity contribution in [2.45, 2.75) is 0 Å². The molecular formula is C16H10BrIN2O. The normalized spacial score (nSPS) is 10.6. The minimum absolute atomic E-state index is 0.155. The Balaban J connectivity index is 1.90. The van der Waals surface area contributed by atoms with E-state index in [2.05, 4.69) is 48.8 Å². The molecule has 2 aromatic carbocycles. The molecule has 1 N–H and O–H groups in total. The number of para-hydroxylation sites is 1. The lowest BCUT2D eigenvalue weighted by molar-refractivity contribution is 0.102. The van der Waals surface area contributed by atoms with Crippen LogP contribution in [0.2, 0.25) is 0 Å². The lowest BCUT2D eigenvalue weighted by Crippen LogP contribution is -2.13. The van der Waals surface area contributed by atoms with Crippen LogP contribution in [0, 0.1) is 3.57 Å². The molecule has 3 nitrogen and oxygen atoms in total. The summed E-state index contributed by atoms with van der Waals surface area (Å²) in [6.07, 6.45) is 1.67.